The second kappa shape index (κ2) is 6.37. The van der Waals surface area contributed by atoms with Crippen molar-refractivity contribution in [2.75, 3.05) is 31.6 Å². The van der Waals surface area contributed by atoms with E-state index in [1.54, 1.807) is 0 Å². The molecule has 21 heavy (non-hydrogen) atoms. The second-order valence-corrected chi connectivity index (χ2v) is 6.79. The zero-order valence-electron chi connectivity index (χ0n) is 13.5. The van der Waals surface area contributed by atoms with Gasteiger partial charge in [-0.2, -0.15) is 0 Å². The Labute approximate surface area is 129 Å². The normalized spacial score (nSPS) is 28.2. The molecule has 2 N–H and O–H groups in total. The van der Waals surface area contributed by atoms with Crippen LogP contribution in [-0.2, 0) is 0 Å². The van der Waals surface area contributed by atoms with Gasteiger partial charge in [0.2, 0.25) is 0 Å². The van der Waals surface area contributed by atoms with Crippen molar-refractivity contribution in [3.63, 3.8) is 0 Å². The minimum atomic E-state index is 0.178. The van der Waals surface area contributed by atoms with Gasteiger partial charge >= 0.3 is 0 Å². The standard InChI is InChI=1S/C18H29N3/c1-3-17(19)14-6-8-16(9-7-14)21-12-10-18-15(13-21)5-4-11-20(18)2/h6-9,15,17-18H,3-5,10-13,19H2,1-2H3/t15?,17-,18?/m0/s1. The molecule has 3 nitrogen and oxygen atoms in total. The summed E-state index contributed by atoms with van der Waals surface area (Å²) in [4.78, 5) is 5.15. The number of hydrogen-bond donors (Lipinski definition) is 1. The highest BCUT2D eigenvalue weighted by Gasteiger charge is 2.34. The molecule has 3 rings (SSSR count). The zero-order chi connectivity index (χ0) is 14.8. The molecule has 2 aliphatic rings. The van der Waals surface area contributed by atoms with E-state index in [9.17, 15) is 0 Å². The molecule has 3 heteroatoms. The van der Waals surface area contributed by atoms with E-state index in [0.29, 0.717) is 0 Å². The number of benzene rings is 1. The molecule has 3 atom stereocenters. The molecule has 116 valence electrons. The second-order valence-electron chi connectivity index (χ2n) is 6.79. The summed E-state index contributed by atoms with van der Waals surface area (Å²) >= 11 is 0. The predicted molar refractivity (Wildman–Crippen MR) is 89.6 cm³/mol. The lowest BCUT2D eigenvalue weighted by atomic mass is 9.84. The van der Waals surface area contributed by atoms with Gasteiger partial charge in [-0.15, -0.1) is 0 Å². The van der Waals surface area contributed by atoms with Gasteiger partial charge in [-0.25, -0.2) is 0 Å². The third kappa shape index (κ3) is 3.09. The number of nitrogens with two attached hydrogens (primary N) is 1. The van der Waals surface area contributed by atoms with Crippen molar-refractivity contribution < 1.29 is 0 Å². The fourth-order valence-corrected chi connectivity index (χ4v) is 4.06. The predicted octanol–water partition coefficient (Wildman–Crippen LogP) is 3.02. The van der Waals surface area contributed by atoms with E-state index in [0.717, 1.165) is 18.4 Å². The number of likely N-dealkylation sites (tertiary alicyclic amines) is 1. The van der Waals surface area contributed by atoms with Crippen LogP contribution >= 0.6 is 0 Å². The molecule has 0 aromatic heterocycles. The lowest BCUT2D eigenvalue weighted by Crippen LogP contribution is -2.52. The van der Waals surface area contributed by atoms with Crippen LogP contribution in [0.25, 0.3) is 0 Å². The third-order valence-electron chi connectivity index (χ3n) is 5.47. The lowest BCUT2D eigenvalue weighted by Gasteiger charge is -2.46. The Morgan fingerprint density at radius 1 is 1.19 bits per heavy atom. The van der Waals surface area contributed by atoms with E-state index in [1.807, 2.05) is 0 Å². The van der Waals surface area contributed by atoms with Crippen LogP contribution in [0.4, 0.5) is 5.69 Å². The van der Waals surface area contributed by atoms with Crippen molar-refractivity contribution in [3.05, 3.63) is 29.8 Å². The maximum atomic E-state index is 6.11. The molecule has 0 radical (unpaired) electrons. The number of anilines is 1. The monoisotopic (exact) mass is 287 g/mol. The maximum Gasteiger partial charge on any atom is 0.0366 e. The Hall–Kier alpha value is -1.06. The summed E-state index contributed by atoms with van der Waals surface area (Å²) in [5.74, 6) is 0.843. The molecule has 1 aromatic carbocycles. The average molecular weight is 287 g/mol. The molecule has 2 heterocycles. The van der Waals surface area contributed by atoms with Crippen LogP contribution in [0.5, 0.6) is 0 Å². The Kier molecular flexibility index (Phi) is 4.51. The fraction of sp³-hybridized carbons (Fsp3) is 0.667. The SMILES string of the molecule is CC[C@H](N)c1ccc(N2CCC3C(CCCN3C)C2)cc1. The van der Waals surface area contributed by atoms with Crippen LogP contribution in [-0.4, -0.2) is 37.6 Å². The molecule has 2 aliphatic heterocycles. The van der Waals surface area contributed by atoms with Crippen molar-refractivity contribution in [1.82, 2.24) is 4.90 Å². The van der Waals surface area contributed by atoms with Gasteiger partial charge < -0.3 is 15.5 Å². The third-order valence-corrected chi connectivity index (χ3v) is 5.47. The minimum absolute atomic E-state index is 0.178. The zero-order valence-corrected chi connectivity index (χ0v) is 13.5. The summed E-state index contributed by atoms with van der Waals surface area (Å²) in [5, 5.41) is 0. The van der Waals surface area contributed by atoms with Gasteiger partial charge in [-0.1, -0.05) is 19.1 Å². The molecule has 2 fully saturated rings. The highest BCUT2D eigenvalue weighted by Crippen LogP contribution is 2.32. The Bertz CT molecular complexity index is 456. The molecule has 0 amide bonds. The van der Waals surface area contributed by atoms with Crippen LogP contribution in [0.2, 0.25) is 0 Å². The molecule has 2 unspecified atom stereocenters. The largest absolute Gasteiger partial charge is 0.371 e. The van der Waals surface area contributed by atoms with E-state index in [1.165, 1.54) is 50.1 Å². The van der Waals surface area contributed by atoms with E-state index in [4.69, 9.17) is 5.73 Å². The van der Waals surface area contributed by atoms with Gasteiger partial charge in [-0.05, 0) is 62.9 Å². The van der Waals surface area contributed by atoms with Crippen molar-refractivity contribution in [2.24, 2.45) is 11.7 Å². The first kappa shape index (κ1) is 14.9. The molecule has 1 aromatic rings. The van der Waals surface area contributed by atoms with Gasteiger partial charge in [0.25, 0.3) is 0 Å². The molecule has 0 saturated carbocycles. The smallest absolute Gasteiger partial charge is 0.0366 e. The van der Waals surface area contributed by atoms with Gasteiger partial charge in [0.05, 0.1) is 0 Å². The summed E-state index contributed by atoms with van der Waals surface area (Å²) in [6, 6.07) is 9.93. The van der Waals surface area contributed by atoms with Crippen LogP contribution in [0.15, 0.2) is 24.3 Å². The van der Waals surface area contributed by atoms with E-state index in [-0.39, 0.29) is 6.04 Å². The summed E-state index contributed by atoms with van der Waals surface area (Å²) < 4.78 is 0. The number of hydrogen-bond acceptors (Lipinski definition) is 3. The van der Waals surface area contributed by atoms with Gasteiger partial charge in [0.15, 0.2) is 0 Å². The lowest BCUT2D eigenvalue weighted by molar-refractivity contribution is 0.102. The molecular formula is C18H29N3. The number of nitrogens with zero attached hydrogens (tertiary/aromatic N) is 2. The summed E-state index contributed by atoms with van der Waals surface area (Å²) in [6.07, 6.45) is 5.05. The highest BCUT2D eigenvalue weighted by atomic mass is 15.2. The first-order valence-corrected chi connectivity index (χ1v) is 8.49. The summed E-state index contributed by atoms with van der Waals surface area (Å²) in [7, 11) is 2.30. The quantitative estimate of drug-likeness (QED) is 0.927. The molecule has 0 aliphatic carbocycles. The van der Waals surface area contributed by atoms with E-state index < -0.39 is 0 Å². The maximum absolute atomic E-state index is 6.11. The Morgan fingerprint density at radius 2 is 1.95 bits per heavy atom. The number of fused-ring (bicyclic) bond motifs is 1. The molecular weight excluding hydrogens is 258 g/mol. The fourth-order valence-electron chi connectivity index (χ4n) is 4.06. The highest BCUT2D eigenvalue weighted by molar-refractivity contribution is 5.48. The van der Waals surface area contributed by atoms with Crippen LogP contribution < -0.4 is 10.6 Å². The Morgan fingerprint density at radius 3 is 2.67 bits per heavy atom. The van der Waals surface area contributed by atoms with E-state index >= 15 is 0 Å². The van der Waals surface area contributed by atoms with E-state index in [2.05, 4.69) is 48.0 Å². The van der Waals surface area contributed by atoms with Crippen LogP contribution in [0, 0.1) is 5.92 Å². The first-order chi connectivity index (χ1) is 10.2. The van der Waals surface area contributed by atoms with Crippen LogP contribution in [0.1, 0.15) is 44.2 Å². The van der Waals surface area contributed by atoms with Gasteiger partial charge in [0, 0.05) is 30.9 Å². The number of rotatable bonds is 3. The van der Waals surface area contributed by atoms with Gasteiger partial charge in [0.1, 0.15) is 0 Å². The van der Waals surface area contributed by atoms with Crippen LogP contribution in [0.3, 0.4) is 0 Å². The average Bonchev–Trinajstić information content (AvgIpc) is 2.54. The summed E-state index contributed by atoms with van der Waals surface area (Å²) in [6.45, 7) is 5.83. The van der Waals surface area contributed by atoms with Crippen molar-refractivity contribution in [2.45, 2.75) is 44.7 Å². The Balaban J connectivity index is 1.68. The minimum Gasteiger partial charge on any atom is -0.371 e. The summed E-state index contributed by atoms with van der Waals surface area (Å²) in [5.41, 5.74) is 8.73. The number of piperidine rings is 2. The van der Waals surface area contributed by atoms with Crippen molar-refractivity contribution in [3.8, 4) is 0 Å². The molecule has 2 saturated heterocycles. The van der Waals surface area contributed by atoms with Crippen molar-refractivity contribution in [1.29, 1.82) is 0 Å². The first-order valence-electron chi connectivity index (χ1n) is 8.49. The molecule has 0 bridgehead atoms. The topological polar surface area (TPSA) is 32.5 Å². The van der Waals surface area contributed by atoms with Gasteiger partial charge in [-0.3, -0.25) is 0 Å². The van der Waals surface area contributed by atoms with Crippen molar-refractivity contribution >= 4 is 5.69 Å². The molecule has 0 spiro atoms.